The summed E-state index contributed by atoms with van der Waals surface area (Å²) >= 11 is 1.27. The number of para-hydroxylation sites is 1. The van der Waals surface area contributed by atoms with Gasteiger partial charge in [-0.1, -0.05) is 84.6 Å². The first-order chi connectivity index (χ1) is 18.6. The Morgan fingerprint density at radius 1 is 0.974 bits per heavy atom. The number of rotatable bonds is 9. The van der Waals surface area contributed by atoms with E-state index in [2.05, 4.69) is 44.2 Å². The van der Waals surface area contributed by atoms with Crippen molar-refractivity contribution in [2.75, 3.05) is 5.32 Å². The van der Waals surface area contributed by atoms with E-state index in [9.17, 15) is 9.18 Å². The number of carbonyl (C=O) groups is 1. The van der Waals surface area contributed by atoms with Gasteiger partial charge in [-0.3, -0.25) is 9.36 Å². The third-order valence-electron chi connectivity index (χ3n) is 5.88. The van der Waals surface area contributed by atoms with Gasteiger partial charge in [-0.2, -0.15) is 5.10 Å². The molecule has 0 aliphatic rings. The van der Waals surface area contributed by atoms with Gasteiger partial charge >= 0.3 is 0 Å². The molecule has 38 heavy (non-hydrogen) atoms. The fourth-order valence-electron chi connectivity index (χ4n) is 3.93. The van der Waals surface area contributed by atoms with Crippen molar-refractivity contribution < 1.29 is 9.18 Å². The van der Waals surface area contributed by atoms with E-state index in [-0.39, 0.29) is 5.91 Å². The Kier molecular flexibility index (Phi) is 7.75. The van der Waals surface area contributed by atoms with Gasteiger partial charge in [-0.05, 0) is 36.6 Å². The van der Waals surface area contributed by atoms with Crippen LogP contribution in [-0.2, 0) is 11.3 Å². The zero-order valence-electron chi connectivity index (χ0n) is 20.6. The normalized spacial score (nSPS) is 12.1. The van der Waals surface area contributed by atoms with E-state index < -0.39 is 11.1 Å². The molecule has 190 valence electrons. The largest absolute Gasteiger partial charge is 0.377 e. The molecule has 0 unspecified atom stereocenters. The van der Waals surface area contributed by atoms with Crippen molar-refractivity contribution in [2.45, 2.75) is 23.9 Å². The van der Waals surface area contributed by atoms with Gasteiger partial charge in [0.25, 0.3) is 5.91 Å². The Balaban J connectivity index is 1.33. The van der Waals surface area contributed by atoms with E-state index in [4.69, 9.17) is 0 Å². The quantitative estimate of drug-likeness (QED) is 0.145. The summed E-state index contributed by atoms with van der Waals surface area (Å²) in [5.74, 6) is -0.0361. The number of halogens is 1. The molecule has 1 heterocycles. The number of amides is 1. The zero-order valence-corrected chi connectivity index (χ0v) is 21.4. The van der Waals surface area contributed by atoms with Gasteiger partial charge in [0.2, 0.25) is 0 Å². The Hall–Kier alpha value is -4.50. The minimum atomic E-state index is -0.529. The number of anilines is 1. The number of aromatic nitrogens is 3. The molecule has 2 N–H and O–H groups in total. The first-order valence-electron chi connectivity index (χ1n) is 12.1. The molecule has 7 nitrogen and oxygen atoms in total. The second kappa shape index (κ2) is 11.7. The van der Waals surface area contributed by atoms with Crippen molar-refractivity contribution in [1.82, 2.24) is 20.2 Å². The Bertz CT molecular complexity index is 1580. The molecular formula is C29H25FN6OS. The van der Waals surface area contributed by atoms with E-state index in [0.717, 1.165) is 22.1 Å². The lowest BCUT2D eigenvalue weighted by molar-refractivity contribution is -0.120. The van der Waals surface area contributed by atoms with Crippen LogP contribution in [0.3, 0.4) is 0 Å². The molecular weight excluding hydrogens is 499 g/mol. The average Bonchev–Trinajstić information content (AvgIpc) is 3.35. The number of hydrazone groups is 1. The Labute approximate surface area is 223 Å². The highest BCUT2D eigenvalue weighted by molar-refractivity contribution is 8.00. The van der Waals surface area contributed by atoms with Crippen LogP contribution in [0.15, 0.2) is 107 Å². The maximum atomic E-state index is 13.8. The van der Waals surface area contributed by atoms with Gasteiger partial charge in [0.15, 0.2) is 11.0 Å². The van der Waals surface area contributed by atoms with E-state index in [0.29, 0.717) is 23.1 Å². The smallest absolute Gasteiger partial charge is 0.253 e. The maximum absolute atomic E-state index is 13.8. The van der Waals surface area contributed by atoms with Crippen LogP contribution >= 0.6 is 11.8 Å². The summed E-state index contributed by atoms with van der Waals surface area (Å²) < 4.78 is 15.7. The first kappa shape index (κ1) is 25.2. The van der Waals surface area contributed by atoms with Gasteiger partial charge in [0.1, 0.15) is 5.82 Å². The van der Waals surface area contributed by atoms with Crippen LogP contribution in [0.2, 0.25) is 0 Å². The predicted octanol–water partition coefficient (Wildman–Crippen LogP) is 5.80. The van der Waals surface area contributed by atoms with Crippen LogP contribution in [0.25, 0.3) is 16.5 Å². The molecule has 1 aromatic heterocycles. The third kappa shape index (κ3) is 5.73. The van der Waals surface area contributed by atoms with E-state index in [1.807, 2.05) is 59.2 Å². The summed E-state index contributed by atoms with van der Waals surface area (Å²) in [6.07, 6.45) is 1.29. The van der Waals surface area contributed by atoms with Crippen LogP contribution in [-0.4, -0.2) is 32.1 Å². The maximum Gasteiger partial charge on any atom is 0.253 e. The van der Waals surface area contributed by atoms with Gasteiger partial charge in [-0.25, -0.2) is 9.82 Å². The lowest BCUT2D eigenvalue weighted by atomic mass is 10.1. The van der Waals surface area contributed by atoms with Crippen LogP contribution in [0.1, 0.15) is 18.3 Å². The highest BCUT2D eigenvalue weighted by Crippen LogP contribution is 2.27. The van der Waals surface area contributed by atoms with Crippen LogP contribution < -0.4 is 10.7 Å². The highest BCUT2D eigenvalue weighted by Gasteiger charge is 2.21. The Morgan fingerprint density at radius 2 is 1.71 bits per heavy atom. The van der Waals surface area contributed by atoms with Crippen molar-refractivity contribution in [1.29, 1.82) is 0 Å². The summed E-state index contributed by atoms with van der Waals surface area (Å²) in [7, 11) is 0. The van der Waals surface area contributed by atoms with Crippen LogP contribution in [0.4, 0.5) is 10.1 Å². The van der Waals surface area contributed by atoms with Gasteiger partial charge in [-0.15, -0.1) is 10.2 Å². The topological polar surface area (TPSA) is 84.2 Å². The summed E-state index contributed by atoms with van der Waals surface area (Å²) in [6.45, 7) is 2.20. The molecule has 0 bridgehead atoms. The lowest BCUT2D eigenvalue weighted by Crippen LogP contribution is -2.27. The number of benzene rings is 4. The lowest BCUT2D eigenvalue weighted by Gasteiger charge is -2.14. The molecule has 9 heteroatoms. The number of nitrogens with zero attached hydrogens (tertiary/aromatic N) is 4. The van der Waals surface area contributed by atoms with E-state index in [1.165, 1.54) is 24.0 Å². The Morgan fingerprint density at radius 3 is 2.55 bits per heavy atom. The van der Waals surface area contributed by atoms with Gasteiger partial charge < -0.3 is 5.32 Å². The van der Waals surface area contributed by atoms with E-state index in [1.54, 1.807) is 25.1 Å². The number of thioether (sulfide) groups is 1. The third-order valence-corrected chi connectivity index (χ3v) is 6.92. The fraction of sp³-hybridized carbons (Fsp3) is 0.103. The molecule has 5 rings (SSSR count). The van der Waals surface area contributed by atoms with Crippen molar-refractivity contribution in [3.05, 3.63) is 114 Å². The zero-order chi connectivity index (χ0) is 26.3. The molecule has 0 spiro atoms. The summed E-state index contributed by atoms with van der Waals surface area (Å²) in [4.78, 5) is 12.7. The standard InChI is InChI=1S/C29H25FN6OS/c1-20(28(37)34-32-18-22-11-6-8-16-25(22)30)38-29-35-33-27(36(29)23-13-3-2-4-14-23)19-31-26-17-9-12-21-10-5-7-15-24(21)26/h2-18,20,31H,19H2,1H3,(H,34,37)/b32-18-/t20-/m1/s1. The minimum absolute atomic E-state index is 0.292. The number of fused-ring (bicyclic) bond motifs is 1. The summed E-state index contributed by atoms with van der Waals surface area (Å²) in [5, 5.41) is 18.6. The van der Waals surface area contributed by atoms with Crippen molar-refractivity contribution >= 4 is 40.3 Å². The van der Waals surface area contributed by atoms with Crippen LogP contribution in [0.5, 0.6) is 0 Å². The molecule has 1 amide bonds. The van der Waals surface area contributed by atoms with Crippen molar-refractivity contribution in [3.63, 3.8) is 0 Å². The molecule has 0 saturated heterocycles. The first-order valence-corrected chi connectivity index (χ1v) is 12.9. The molecule has 0 saturated carbocycles. The van der Waals surface area contributed by atoms with Crippen LogP contribution in [0, 0.1) is 5.82 Å². The second-order valence-electron chi connectivity index (χ2n) is 8.47. The SMILES string of the molecule is C[C@@H](Sc1nnc(CNc2cccc3ccccc23)n1-c1ccccc1)C(=O)N/N=C\c1ccccc1F. The molecule has 0 aliphatic carbocycles. The number of carbonyl (C=O) groups excluding carboxylic acids is 1. The number of hydrogen-bond donors (Lipinski definition) is 2. The monoisotopic (exact) mass is 524 g/mol. The highest BCUT2D eigenvalue weighted by atomic mass is 32.2. The summed E-state index contributed by atoms with van der Waals surface area (Å²) in [5.41, 5.74) is 4.66. The summed E-state index contributed by atoms with van der Waals surface area (Å²) in [6, 6.07) is 30.3. The molecule has 0 aliphatic heterocycles. The molecule has 1 atom stereocenters. The molecule has 0 radical (unpaired) electrons. The van der Waals surface area contributed by atoms with E-state index >= 15 is 0 Å². The fourth-order valence-corrected chi connectivity index (χ4v) is 4.81. The predicted molar refractivity (Wildman–Crippen MR) is 150 cm³/mol. The van der Waals surface area contributed by atoms with Crippen molar-refractivity contribution in [3.8, 4) is 5.69 Å². The molecule has 4 aromatic carbocycles. The van der Waals surface area contributed by atoms with Gasteiger partial charge in [0.05, 0.1) is 18.0 Å². The molecule has 5 aromatic rings. The number of hydrogen-bond acceptors (Lipinski definition) is 6. The molecule has 0 fully saturated rings. The second-order valence-corrected chi connectivity index (χ2v) is 9.77. The number of nitrogens with one attached hydrogen (secondary N) is 2. The minimum Gasteiger partial charge on any atom is -0.377 e. The van der Waals surface area contributed by atoms with Gasteiger partial charge in [0, 0.05) is 22.3 Å². The van der Waals surface area contributed by atoms with Crippen molar-refractivity contribution in [2.24, 2.45) is 5.10 Å². The average molecular weight is 525 g/mol.